The molecule has 1 aromatic carbocycles. The molecule has 1 heterocycles. The fraction of sp³-hybridized carbons (Fsp3) is 0.684. The molecule has 1 saturated heterocycles. The van der Waals surface area contributed by atoms with Crippen molar-refractivity contribution in [1.82, 2.24) is 5.32 Å². The lowest BCUT2D eigenvalue weighted by atomic mass is 9.83. The molecule has 1 aliphatic carbocycles. The molecule has 2 fully saturated rings. The maximum atomic E-state index is 6.56. The zero-order chi connectivity index (χ0) is 14.5. The van der Waals surface area contributed by atoms with E-state index in [0.717, 1.165) is 13.0 Å². The van der Waals surface area contributed by atoms with Crippen LogP contribution in [0.4, 0.5) is 0 Å². The van der Waals surface area contributed by atoms with E-state index < -0.39 is 0 Å². The van der Waals surface area contributed by atoms with Gasteiger partial charge in [0.2, 0.25) is 0 Å². The highest BCUT2D eigenvalue weighted by atomic mass is 16.5. The molecule has 0 bridgehead atoms. The lowest BCUT2D eigenvalue weighted by molar-refractivity contribution is -0.0673. The molecule has 1 aliphatic heterocycles. The Bertz CT molecular complexity index is 424. The van der Waals surface area contributed by atoms with Gasteiger partial charge in [0.15, 0.2) is 0 Å². The third-order valence-corrected chi connectivity index (χ3v) is 5.37. The topological polar surface area (TPSA) is 21.3 Å². The maximum Gasteiger partial charge on any atom is 0.0687 e. The van der Waals surface area contributed by atoms with Crippen molar-refractivity contribution >= 4 is 0 Å². The molecule has 1 saturated carbocycles. The number of likely N-dealkylation sites (N-methyl/N-ethyl adjacent to an activating group) is 1. The van der Waals surface area contributed by atoms with Gasteiger partial charge in [0.05, 0.1) is 11.7 Å². The van der Waals surface area contributed by atoms with E-state index in [9.17, 15) is 0 Å². The molecule has 21 heavy (non-hydrogen) atoms. The van der Waals surface area contributed by atoms with Crippen molar-refractivity contribution in [3.8, 4) is 0 Å². The Balaban J connectivity index is 1.61. The molecule has 3 rings (SSSR count). The van der Waals surface area contributed by atoms with Gasteiger partial charge in [-0.15, -0.1) is 0 Å². The molecule has 1 N–H and O–H groups in total. The van der Waals surface area contributed by atoms with Gasteiger partial charge >= 0.3 is 0 Å². The Morgan fingerprint density at radius 2 is 1.90 bits per heavy atom. The van der Waals surface area contributed by atoms with Crippen LogP contribution in [0.5, 0.6) is 0 Å². The highest BCUT2D eigenvalue weighted by Gasteiger charge is 2.41. The average molecular weight is 287 g/mol. The Labute approximate surface area is 129 Å². The Morgan fingerprint density at radius 3 is 2.62 bits per heavy atom. The van der Waals surface area contributed by atoms with Gasteiger partial charge in [0.25, 0.3) is 0 Å². The monoisotopic (exact) mass is 287 g/mol. The first-order chi connectivity index (χ1) is 10.3. The first-order valence-electron chi connectivity index (χ1n) is 8.69. The van der Waals surface area contributed by atoms with Crippen LogP contribution in [0.15, 0.2) is 30.3 Å². The second-order valence-electron chi connectivity index (χ2n) is 6.92. The lowest BCUT2D eigenvalue weighted by Gasteiger charge is -2.34. The largest absolute Gasteiger partial charge is 0.372 e. The summed E-state index contributed by atoms with van der Waals surface area (Å²) < 4.78 is 6.56. The molecule has 2 atom stereocenters. The number of rotatable bonds is 5. The predicted octanol–water partition coefficient (Wildman–Crippen LogP) is 4.26. The van der Waals surface area contributed by atoms with Crippen molar-refractivity contribution in [3.05, 3.63) is 35.9 Å². The summed E-state index contributed by atoms with van der Waals surface area (Å²) in [6, 6.07) is 10.9. The fourth-order valence-electron chi connectivity index (χ4n) is 4.25. The summed E-state index contributed by atoms with van der Waals surface area (Å²) in [6.45, 7) is 1.04. The van der Waals surface area contributed by atoms with Crippen LogP contribution in [0.2, 0.25) is 0 Å². The molecule has 0 amide bonds. The second-order valence-corrected chi connectivity index (χ2v) is 6.92. The number of nitrogens with one attached hydrogen (secondary N) is 1. The van der Waals surface area contributed by atoms with Gasteiger partial charge in [-0.05, 0) is 50.6 Å². The molecule has 2 aliphatic rings. The SMILES string of the molecule is CNCC(CC1CCC2(CCCCC2)O1)c1ccccc1. The van der Waals surface area contributed by atoms with Gasteiger partial charge in [-0.25, -0.2) is 0 Å². The normalized spacial score (nSPS) is 26.0. The van der Waals surface area contributed by atoms with Gasteiger partial charge in [-0.1, -0.05) is 49.6 Å². The minimum Gasteiger partial charge on any atom is -0.372 e. The molecule has 1 spiro atoms. The van der Waals surface area contributed by atoms with Crippen molar-refractivity contribution in [2.24, 2.45) is 0 Å². The van der Waals surface area contributed by atoms with Crippen molar-refractivity contribution < 1.29 is 4.74 Å². The molecule has 0 radical (unpaired) electrons. The maximum absolute atomic E-state index is 6.56. The highest BCUT2D eigenvalue weighted by Crippen LogP contribution is 2.43. The summed E-state index contributed by atoms with van der Waals surface area (Å²) in [7, 11) is 2.05. The standard InChI is InChI=1S/C19H29NO/c1-20-15-17(16-8-4-2-5-9-16)14-18-10-13-19(21-18)11-6-3-7-12-19/h2,4-5,8-9,17-18,20H,3,6-7,10-15H2,1H3. The van der Waals surface area contributed by atoms with E-state index in [4.69, 9.17) is 4.74 Å². The first-order valence-corrected chi connectivity index (χ1v) is 8.69. The van der Waals surface area contributed by atoms with Gasteiger partial charge < -0.3 is 10.1 Å². The summed E-state index contributed by atoms with van der Waals surface area (Å²) >= 11 is 0. The molecule has 2 unspecified atom stereocenters. The van der Waals surface area contributed by atoms with Gasteiger partial charge in [-0.3, -0.25) is 0 Å². The van der Waals surface area contributed by atoms with Crippen molar-refractivity contribution in [3.63, 3.8) is 0 Å². The van der Waals surface area contributed by atoms with E-state index in [1.165, 1.54) is 50.5 Å². The van der Waals surface area contributed by atoms with Crippen LogP contribution in [0, 0.1) is 0 Å². The summed E-state index contributed by atoms with van der Waals surface area (Å²) in [5, 5.41) is 3.36. The molecule has 2 heteroatoms. The van der Waals surface area contributed by atoms with Crippen LogP contribution in [0.25, 0.3) is 0 Å². The van der Waals surface area contributed by atoms with Crippen LogP contribution < -0.4 is 5.32 Å². The van der Waals surface area contributed by atoms with Gasteiger partial charge in [-0.2, -0.15) is 0 Å². The quantitative estimate of drug-likeness (QED) is 0.873. The average Bonchev–Trinajstić information content (AvgIpc) is 2.91. The summed E-state index contributed by atoms with van der Waals surface area (Å²) in [6.07, 6.45) is 10.9. The Hall–Kier alpha value is -0.860. The molecule has 0 aromatic heterocycles. The smallest absolute Gasteiger partial charge is 0.0687 e. The van der Waals surface area contributed by atoms with E-state index >= 15 is 0 Å². The number of hydrogen-bond acceptors (Lipinski definition) is 2. The third-order valence-electron chi connectivity index (χ3n) is 5.37. The molecule has 1 aromatic rings. The van der Waals surface area contributed by atoms with Crippen LogP contribution in [-0.2, 0) is 4.74 Å². The van der Waals surface area contributed by atoms with Crippen LogP contribution in [0.1, 0.15) is 62.8 Å². The highest BCUT2D eigenvalue weighted by molar-refractivity contribution is 5.20. The Kier molecular flexibility index (Phi) is 4.97. The summed E-state index contributed by atoms with van der Waals surface area (Å²) in [5.41, 5.74) is 1.70. The van der Waals surface area contributed by atoms with Crippen molar-refractivity contribution in [2.45, 2.75) is 69.0 Å². The van der Waals surface area contributed by atoms with Crippen LogP contribution in [0.3, 0.4) is 0 Å². The zero-order valence-electron chi connectivity index (χ0n) is 13.3. The number of ether oxygens (including phenoxy) is 1. The van der Waals surface area contributed by atoms with Crippen molar-refractivity contribution in [1.29, 1.82) is 0 Å². The summed E-state index contributed by atoms with van der Waals surface area (Å²) in [4.78, 5) is 0. The second kappa shape index (κ2) is 6.93. The zero-order valence-corrected chi connectivity index (χ0v) is 13.3. The van der Waals surface area contributed by atoms with E-state index in [-0.39, 0.29) is 5.60 Å². The predicted molar refractivity (Wildman–Crippen MR) is 87.6 cm³/mol. The molecular formula is C19H29NO. The lowest BCUT2D eigenvalue weighted by Crippen LogP contribution is -2.32. The van der Waals surface area contributed by atoms with Gasteiger partial charge in [0.1, 0.15) is 0 Å². The van der Waals surface area contributed by atoms with Gasteiger partial charge in [0, 0.05) is 6.54 Å². The van der Waals surface area contributed by atoms with Crippen LogP contribution >= 0.6 is 0 Å². The number of hydrogen-bond donors (Lipinski definition) is 1. The summed E-state index contributed by atoms with van der Waals surface area (Å²) in [5.74, 6) is 0.569. The third kappa shape index (κ3) is 3.67. The minimum atomic E-state index is 0.254. The van der Waals surface area contributed by atoms with E-state index in [0.29, 0.717) is 12.0 Å². The van der Waals surface area contributed by atoms with E-state index in [2.05, 4.69) is 35.6 Å². The number of benzene rings is 1. The van der Waals surface area contributed by atoms with Crippen molar-refractivity contribution in [2.75, 3.05) is 13.6 Å². The first kappa shape index (κ1) is 15.1. The van der Waals surface area contributed by atoms with E-state index in [1.54, 1.807) is 0 Å². The minimum absolute atomic E-state index is 0.254. The Morgan fingerprint density at radius 1 is 1.14 bits per heavy atom. The fourth-order valence-corrected chi connectivity index (χ4v) is 4.25. The molecular weight excluding hydrogens is 258 g/mol. The molecule has 2 nitrogen and oxygen atoms in total. The van der Waals surface area contributed by atoms with Crippen LogP contribution in [-0.4, -0.2) is 25.3 Å². The molecule has 116 valence electrons. The van der Waals surface area contributed by atoms with E-state index in [1.807, 2.05) is 7.05 Å².